The van der Waals surface area contributed by atoms with Gasteiger partial charge in [0, 0.05) is 10.6 Å². The zero-order chi connectivity index (χ0) is 11.4. The number of carbonyl (C=O) groups excluding carboxylic acids is 1. The molecule has 1 aromatic rings. The number of halogens is 2. The summed E-state index contributed by atoms with van der Waals surface area (Å²) >= 11 is 11.8. The first kappa shape index (κ1) is 12.3. The topological polar surface area (TPSA) is 17.1 Å². The Hall–Kier alpha value is -0.790. The van der Waals surface area contributed by atoms with Crippen LogP contribution in [0.4, 0.5) is 0 Å². The van der Waals surface area contributed by atoms with E-state index in [4.69, 9.17) is 23.2 Å². The lowest BCUT2D eigenvalue weighted by Crippen LogP contribution is -2.03. The average molecular weight is 243 g/mol. The number of hydrogen-bond acceptors (Lipinski definition) is 1. The van der Waals surface area contributed by atoms with E-state index in [-0.39, 0.29) is 5.78 Å². The molecule has 0 amide bonds. The molecule has 0 spiro atoms. The molecule has 0 unspecified atom stereocenters. The van der Waals surface area contributed by atoms with Crippen molar-refractivity contribution in [3.8, 4) is 0 Å². The van der Waals surface area contributed by atoms with Gasteiger partial charge in [-0.3, -0.25) is 4.79 Å². The lowest BCUT2D eigenvalue weighted by atomic mass is 10.0. The van der Waals surface area contributed by atoms with E-state index in [0.717, 1.165) is 5.57 Å². The molecule has 1 rings (SSSR count). The Bertz CT molecular complexity index is 408. The van der Waals surface area contributed by atoms with Crippen molar-refractivity contribution in [1.82, 2.24) is 0 Å². The fourth-order valence-electron chi connectivity index (χ4n) is 1.34. The van der Waals surface area contributed by atoms with Gasteiger partial charge in [0.2, 0.25) is 0 Å². The molecule has 0 saturated heterocycles. The molecule has 0 aliphatic carbocycles. The molecule has 1 nitrogen and oxygen atoms in total. The van der Waals surface area contributed by atoms with Crippen molar-refractivity contribution in [2.45, 2.75) is 20.3 Å². The summed E-state index contributed by atoms with van der Waals surface area (Å²) in [5, 5.41) is 0.964. The average Bonchev–Trinajstić information content (AvgIpc) is 2.23. The fourth-order valence-corrected chi connectivity index (χ4v) is 1.72. The minimum Gasteiger partial charge on any atom is -0.289 e. The van der Waals surface area contributed by atoms with E-state index < -0.39 is 0 Å². The van der Waals surface area contributed by atoms with Gasteiger partial charge in [-0.05, 0) is 37.1 Å². The van der Waals surface area contributed by atoms with Crippen LogP contribution in [0.5, 0.6) is 0 Å². The van der Waals surface area contributed by atoms with Gasteiger partial charge >= 0.3 is 0 Å². The Morgan fingerprint density at radius 1 is 1.40 bits per heavy atom. The van der Waals surface area contributed by atoms with Crippen LogP contribution in [-0.2, 0) is 0 Å². The number of ketones is 1. The van der Waals surface area contributed by atoms with Gasteiger partial charge in [0.05, 0.1) is 5.02 Å². The summed E-state index contributed by atoms with van der Waals surface area (Å²) in [6.45, 7) is 3.78. The fraction of sp³-hybridized carbons (Fsp3) is 0.250. The summed E-state index contributed by atoms with van der Waals surface area (Å²) in [4.78, 5) is 12.0. The highest BCUT2D eigenvalue weighted by Crippen LogP contribution is 2.23. The van der Waals surface area contributed by atoms with E-state index in [1.54, 1.807) is 24.3 Å². The van der Waals surface area contributed by atoms with Crippen LogP contribution in [0, 0.1) is 0 Å². The van der Waals surface area contributed by atoms with Crippen LogP contribution in [0.1, 0.15) is 30.6 Å². The van der Waals surface area contributed by atoms with Gasteiger partial charge in [0.25, 0.3) is 0 Å². The summed E-state index contributed by atoms with van der Waals surface area (Å²) in [5.74, 6) is -0.0486. The number of hydrogen-bond donors (Lipinski definition) is 0. The molecule has 0 radical (unpaired) electrons. The van der Waals surface area contributed by atoms with Crippen LogP contribution in [0.3, 0.4) is 0 Å². The Morgan fingerprint density at radius 3 is 2.60 bits per heavy atom. The highest BCUT2D eigenvalue weighted by molar-refractivity contribution is 6.36. The van der Waals surface area contributed by atoms with Gasteiger partial charge in [-0.1, -0.05) is 36.2 Å². The monoisotopic (exact) mass is 242 g/mol. The number of allylic oxidation sites excluding steroid dienone is 2. The Kier molecular flexibility index (Phi) is 4.37. The molecule has 0 atom stereocenters. The lowest BCUT2D eigenvalue weighted by molar-refractivity contribution is 0.103. The van der Waals surface area contributed by atoms with Crippen LogP contribution in [0.15, 0.2) is 29.8 Å². The van der Waals surface area contributed by atoms with Crippen molar-refractivity contribution >= 4 is 29.0 Å². The van der Waals surface area contributed by atoms with Crippen molar-refractivity contribution in [2.75, 3.05) is 0 Å². The van der Waals surface area contributed by atoms with Crippen LogP contribution in [0.2, 0.25) is 10.0 Å². The minimum absolute atomic E-state index is 0.0486. The molecular weight excluding hydrogens is 231 g/mol. The largest absolute Gasteiger partial charge is 0.289 e. The number of carbonyl (C=O) groups is 1. The van der Waals surface area contributed by atoms with Gasteiger partial charge in [-0.15, -0.1) is 0 Å². The molecule has 0 aromatic heterocycles. The summed E-state index contributed by atoms with van der Waals surface area (Å²) in [5.41, 5.74) is 1.22. The van der Waals surface area contributed by atoms with Crippen LogP contribution < -0.4 is 0 Å². The third kappa shape index (κ3) is 2.83. The molecule has 0 saturated carbocycles. The molecule has 0 fully saturated rings. The van der Waals surface area contributed by atoms with E-state index in [0.29, 0.717) is 22.0 Å². The number of Topliss-reactive ketones (excluding diaryl/α,β-unsaturated/α-hetero) is 1. The van der Waals surface area contributed by atoms with Crippen molar-refractivity contribution < 1.29 is 4.79 Å². The van der Waals surface area contributed by atoms with Gasteiger partial charge in [0.15, 0.2) is 5.78 Å². The van der Waals surface area contributed by atoms with Gasteiger partial charge in [0.1, 0.15) is 0 Å². The highest BCUT2D eigenvalue weighted by atomic mass is 35.5. The SMILES string of the molecule is C/C=C(/CC)C(=O)c1cc(Cl)ccc1Cl. The number of benzene rings is 1. The Balaban J connectivity index is 3.16. The van der Waals surface area contributed by atoms with Crippen LogP contribution >= 0.6 is 23.2 Å². The summed E-state index contributed by atoms with van der Waals surface area (Å²) in [6.07, 6.45) is 2.50. The molecule has 0 aliphatic heterocycles. The maximum atomic E-state index is 12.0. The zero-order valence-corrected chi connectivity index (χ0v) is 10.2. The van der Waals surface area contributed by atoms with Crippen LogP contribution in [-0.4, -0.2) is 5.78 Å². The Morgan fingerprint density at radius 2 is 2.07 bits per heavy atom. The normalized spacial score (nSPS) is 11.6. The minimum atomic E-state index is -0.0486. The van der Waals surface area contributed by atoms with Crippen molar-refractivity contribution in [3.63, 3.8) is 0 Å². The first-order chi connectivity index (χ1) is 7.10. The lowest BCUT2D eigenvalue weighted by Gasteiger charge is -2.05. The second kappa shape index (κ2) is 5.34. The second-order valence-corrected chi connectivity index (χ2v) is 3.96. The van der Waals surface area contributed by atoms with Crippen molar-refractivity contribution in [2.24, 2.45) is 0 Å². The molecule has 15 heavy (non-hydrogen) atoms. The Labute approximate surface area is 99.7 Å². The first-order valence-electron chi connectivity index (χ1n) is 4.75. The molecule has 3 heteroatoms. The van der Waals surface area contributed by atoms with Crippen molar-refractivity contribution in [1.29, 1.82) is 0 Å². The quantitative estimate of drug-likeness (QED) is 0.563. The van der Waals surface area contributed by atoms with E-state index >= 15 is 0 Å². The third-order valence-corrected chi connectivity index (χ3v) is 2.76. The van der Waals surface area contributed by atoms with Gasteiger partial charge < -0.3 is 0 Å². The smallest absolute Gasteiger partial charge is 0.190 e. The number of rotatable bonds is 3. The van der Waals surface area contributed by atoms with Gasteiger partial charge in [-0.25, -0.2) is 0 Å². The standard InChI is InChI=1S/C12H12Cl2O/c1-3-8(4-2)12(15)10-7-9(13)5-6-11(10)14/h3,5-7H,4H2,1-2H3/b8-3-. The maximum absolute atomic E-state index is 12.0. The molecule has 0 heterocycles. The van der Waals surface area contributed by atoms with E-state index in [1.807, 2.05) is 13.8 Å². The summed E-state index contributed by atoms with van der Waals surface area (Å²) < 4.78 is 0. The predicted molar refractivity (Wildman–Crippen MR) is 64.8 cm³/mol. The van der Waals surface area contributed by atoms with Crippen LogP contribution in [0.25, 0.3) is 0 Å². The summed E-state index contributed by atoms with van der Waals surface area (Å²) in [7, 11) is 0. The van der Waals surface area contributed by atoms with Crippen molar-refractivity contribution in [3.05, 3.63) is 45.5 Å². The first-order valence-corrected chi connectivity index (χ1v) is 5.50. The molecule has 0 aliphatic rings. The highest BCUT2D eigenvalue weighted by Gasteiger charge is 2.13. The molecule has 0 N–H and O–H groups in total. The van der Waals surface area contributed by atoms with E-state index in [2.05, 4.69) is 0 Å². The maximum Gasteiger partial charge on any atom is 0.190 e. The second-order valence-electron chi connectivity index (χ2n) is 3.12. The van der Waals surface area contributed by atoms with E-state index in [9.17, 15) is 4.79 Å². The zero-order valence-electron chi connectivity index (χ0n) is 8.68. The predicted octanol–water partition coefficient (Wildman–Crippen LogP) is 4.53. The van der Waals surface area contributed by atoms with Gasteiger partial charge in [-0.2, -0.15) is 0 Å². The molecule has 80 valence electrons. The van der Waals surface area contributed by atoms with E-state index in [1.165, 1.54) is 0 Å². The molecule has 0 bridgehead atoms. The third-order valence-electron chi connectivity index (χ3n) is 2.19. The summed E-state index contributed by atoms with van der Waals surface area (Å²) in [6, 6.07) is 4.91. The molecular formula is C12H12Cl2O. The molecule has 1 aromatic carbocycles.